The third-order valence-corrected chi connectivity index (χ3v) is 3.40. The minimum Gasteiger partial charge on any atom is -0.309 e. The van der Waals surface area contributed by atoms with Crippen molar-refractivity contribution in [1.29, 1.82) is 0 Å². The lowest BCUT2D eigenvalue weighted by molar-refractivity contribution is 0.517. The summed E-state index contributed by atoms with van der Waals surface area (Å²) in [6.07, 6.45) is 0. The van der Waals surface area contributed by atoms with Gasteiger partial charge in [0.1, 0.15) is 11.6 Å². The normalized spacial score (nSPS) is 12.8. The average molecular weight is 245 g/mol. The molecule has 0 aliphatic carbocycles. The highest BCUT2D eigenvalue weighted by atomic mass is 32.2. The summed E-state index contributed by atoms with van der Waals surface area (Å²) in [6.45, 7) is 4.35. The largest absolute Gasteiger partial charge is 0.309 e. The Morgan fingerprint density at radius 3 is 2.50 bits per heavy atom. The van der Waals surface area contributed by atoms with E-state index >= 15 is 0 Å². The summed E-state index contributed by atoms with van der Waals surface area (Å²) < 4.78 is 26.5. The number of hydrogen-bond donors (Lipinski definition) is 1. The molecule has 0 radical (unpaired) electrons. The Labute approximate surface area is 99.6 Å². The van der Waals surface area contributed by atoms with Crippen molar-refractivity contribution in [2.24, 2.45) is 0 Å². The topological polar surface area (TPSA) is 12.0 Å². The maximum Gasteiger partial charge on any atom is 0.130 e. The van der Waals surface area contributed by atoms with Crippen LogP contribution in [0.4, 0.5) is 8.78 Å². The van der Waals surface area contributed by atoms with Crippen LogP contribution in [0.2, 0.25) is 0 Å². The van der Waals surface area contributed by atoms with Crippen molar-refractivity contribution in [3.63, 3.8) is 0 Å². The van der Waals surface area contributed by atoms with Crippen molar-refractivity contribution in [1.82, 2.24) is 5.32 Å². The van der Waals surface area contributed by atoms with E-state index in [9.17, 15) is 8.78 Å². The van der Waals surface area contributed by atoms with E-state index in [0.29, 0.717) is 0 Å². The molecule has 4 heteroatoms. The molecule has 1 aromatic rings. The molecule has 1 atom stereocenters. The van der Waals surface area contributed by atoms with Crippen LogP contribution in [0.5, 0.6) is 0 Å². The number of benzene rings is 1. The monoisotopic (exact) mass is 245 g/mol. The summed E-state index contributed by atoms with van der Waals surface area (Å²) in [6, 6.07) is 4.20. The first-order chi connectivity index (χ1) is 7.65. The summed E-state index contributed by atoms with van der Waals surface area (Å²) >= 11 is 1.81. The van der Waals surface area contributed by atoms with E-state index in [0.717, 1.165) is 11.5 Å². The third-order valence-electron chi connectivity index (χ3n) is 2.26. The molecule has 0 amide bonds. The van der Waals surface area contributed by atoms with Crippen LogP contribution in [0.15, 0.2) is 18.2 Å². The summed E-state index contributed by atoms with van der Waals surface area (Å²) in [4.78, 5) is 0. The molecular formula is C12H17F2NS. The molecule has 0 saturated heterocycles. The Morgan fingerprint density at radius 2 is 1.94 bits per heavy atom. The van der Waals surface area contributed by atoms with Gasteiger partial charge < -0.3 is 5.32 Å². The molecule has 1 aromatic carbocycles. The molecule has 1 nitrogen and oxygen atoms in total. The van der Waals surface area contributed by atoms with Crippen LogP contribution in [-0.2, 0) is 6.54 Å². The maximum atomic E-state index is 13.3. The second kappa shape index (κ2) is 6.86. The van der Waals surface area contributed by atoms with Crippen LogP contribution in [-0.4, -0.2) is 17.5 Å². The second-order valence-electron chi connectivity index (χ2n) is 3.64. The Hall–Kier alpha value is -0.610. The average Bonchev–Trinajstić information content (AvgIpc) is 2.25. The molecule has 0 aliphatic heterocycles. The number of hydrogen-bond acceptors (Lipinski definition) is 2. The molecule has 0 spiro atoms. The van der Waals surface area contributed by atoms with E-state index in [1.807, 2.05) is 18.7 Å². The Morgan fingerprint density at radius 1 is 1.31 bits per heavy atom. The van der Waals surface area contributed by atoms with E-state index in [-0.39, 0.29) is 18.2 Å². The predicted molar refractivity (Wildman–Crippen MR) is 65.7 cm³/mol. The van der Waals surface area contributed by atoms with Crippen LogP contribution >= 0.6 is 11.8 Å². The first-order valence-electron chi connectivity index (χ1n) is 5.39. The minimum absolute atomic E-state index is 0.121. The van der Waals surface area contributed by atoms with Gasteiger partial charge in [0.15, 0.2) is 0 Å². The van der Waals surface area contributed by atoms with Gasteiger partial charge in [-0.1, -0.05) is 13.0 Å². The van der Waals surface area contributed by atoms with Gasteiger partial charge >= 0.3 is 0 Å². The lowest BCUT2D eigenvalue weighted by Crippen LogP contribution is -2.28. The van der Waals surface area contributed by atoms with Crippen molar-refractivity contribution >= 4 is 11.8 Å². The summed E-state index contributed by atoms with van der Waals surface area (Å²) in [5, 5.41) is 3.11. The third kappa shape index (κ3) is 4.10. The van der Waals surface area contributed by atoms with Gasteiger partial charge in [-0.05, 0) is 24.8 Å². The standard InChI is InChI=1S/C12H17F2NS/c1-3-16-8-9(2)15-7-10-11(13)5-4-6-12(10)14/h4-6,9,15H,3,7-8H2,1-2H3. The minimum atomic E-state index is -0.483. The molecule has 90 valence electrons. The molecule has 1 N–H and O–H groups in total. The van der Waals surface area contributed by atoms with Gasteiger partial charge in [-0.25, -0.2) is 8.78 Å². The Balaban J connectivity index is 2.48. The highest BCUT2D eigenvalue weighted by Gasteiger charge is 2.09. The molecule has 16 heavy (non-hydrogen) atoms. The molecular weight excluding hydrogens is 228 g/mol. The molecule has 0 heterocycles. The van der Waals surface area contributed by atoms with Crippen LogP contribution < -0.4 is 5.32 Å². The van der Waals surface area contributed by atoms with Crippen molar-refractivity contribution in [3.05, 3.63) is 35.4 Å². The van der Waals surface area contributed by atoms with Gasteiger partial charge in [0.25, 0.3) is 0 Å². The van der Waals surface area contributed by atoms with Gasteiger partial charge in [0.05, 0.1) is 0 Å². The number of nitrogens with one attached hydrogen (secondary N) is 1. The quantitative estimate of drug-likeness (QED) is 0.826. The first kappa shape index (κ1) is 13.5. The van der Waals surface area contributed by atoms with Crippen LogP contribution in [0.25, 0.3) is 0 Å². The number of rotatable bonds is 6. The second-order valence-corrected chi connectivity index (χ2v) is 4.96. The van der Waals surface area contributed by atoms with Crippen LogP contribution in [0, 0.1) is 11.6 Å². The summed E-state index contributed by atoms with van der Waals surface area (Å²) in [5.74, 6) is 1.04. The van der Waals surface area contributed by atoms with Crippen LogP contribution in [0.1, 0.15) is 19.4 Å². The van der Waals surface area contributed by atoms with Gasteiger partial charge in [0.2, 0.25) is 0 Å². The molecule has 1 unspecified atom stereocenters. The first-order valence-corrected chi connectivity index (χ1v) is 6.54. The lowest BCUT2D eigenvalue weighted by atomic mass is 10.2. The zero-order chi connectivity index (χ0) is 12.0. The number of halogens is 2. The lowest BCUT2D eigenvalue weighted by Gasteiger charge is -2.13. The van der Waals surface area contributed by atoms with Gasteiger partial charge in [-0.15, -0.1) is 0 Å². The molecule has 0 saturated carbocycles. The molecule has 0 bridgehead atoms. The highest BCUT2D eigenvalue weighted by Crippen LogP contribution is 2.12. The fourth-order valence-electron chi connectivity index (χ4n) is 1.33. The van der Waals surface area contributed by atoms with E-state index in [1.165, 1.54) is 18.2 Å². The molecule has 0 aliphatic rings. The zero-order valence-electron chi connectivity index (χ0n) is 9.59. The van der Waals surface area contributed by atoms with Gasteiger partial charge in [0, 0.05) is 23.9 Å². The molecule has 1 rings (SSSR count). The fourth-order valence-corrected chi connectivity index (χ4v) is 2.04. The molecule has 0 fully saturated rings. The van der Waals surface area contributed by atoms with Crippen molar-refractivity contribution in [2.45, 2.75) is 26.4 Å². The van der Waals surface area contributed by atoms with E-state index in [2.05, 4.69) is 12.2 Å². The van der Waals surface area contributed by atoms with E-state index < -0.39 is 11.6 Å². The van der Waals surface area contributed by atoms with Gasteiger partial charge in [-0.3, -0.25) is 0 Å². The predicted octanol–water partition coefficient (Wildman–Crippen LogP) is 3.20. The fraction of sp³-hybridized carbons (Fsp3) is 0.500. The smallest absolute Gasteiger partial charge is 0.130 e. The van der Waals surface area contributed by atoms with Crippen LogP contribution in [0.3, 0.4) is 0 Å². The van der Waals surface area contributed by atoms with E-state index in [1.54, 1.807) is 0 Å². The number of thioether (sulfide) groups is 1. The highest BCUT2D eigenvalue weighted by molar-refractivity contribution is 7.99. The van der Waals surface area contributed by atoms with Crippen molar-refractivity contribution in [2.75, 3.05) is 11.5 Å². The SMILES string of the molecule is CCSCC(C)NCc1c(F)cccc1F. The van der Waals surface area contributed by atoms with E-state index in [4.69, 9.17) is 0 Å². The Kier molecular flexibility index (Phi) is 5.77. The maximum absolute atomic E-state index is 13.3. The van der Waals surface area contributed by atoms with Crippen molar-refractivity contribution < 1.29 is 8.78 Å². The van der Waals surface area contributed by atoms with Crippen molar-refractivity contribution in [3.8, 4) is 0 Å². The van der Waals surface area contributed by atoms with Gasteiger partial charge in [-0.2, -0.15) is 11.8 Å². The summed E-state index contributed by atoms with van der Waals surface area (Å²) in [7, 11) is 0. The Bertz CT molecular complexity index is 311. The summed E-state index contributed by atoms with van der Waals surface area (Å²) in [5.41, 5.74) is 0.121. The zero-order valence-corrected chi connectivity index (χ0v) is 10.4. The molecule has 0 aromatic heterocycles.